The maximum absolute atomic E-state index is 12.3. The summed E-state index contributed by atoms with van der Waals surface area (Å²) in [4.78, 5) is 14.3. The van der Waals surface area contributed by atoms with Crippen molar-refractivity contribution < 1.29 is 22.7 Å². The van der Waals surface area contributed by atoms with Crippen molar-refractivity contribution in [3.05, 3.63) is 23.8 Å². The molecule has 27 heavy (non-hydrogen) atoms. The van der Waals surface area contributed by atoms with E-state index in [1.165, 1.54) is 0 Å². The molecule has 0 unspecified atom stereocenters. The lowest BCUT2D eigenvalue weighted by atomic mass is 9.93. The third-order valence-electron chi connectivity index (χ3n) is 5.03. The zero-order chi connectivity index (χ0) is 19.9. The smallest absolute Gasteiger partial charge is 0.389 e. The van der Waals surface area contributed by atoms with Crippen LogP contribution in [-0.2, 0) is 4.79 Å². The van der Waals surface area contributed by atoms with Gasteiger partial charge in [0.05, 0.1) is 7.11 Å². The SMILES string of the molecule is COc1ccc(NC(=O)CC[C@H]2CCCN(CCCC(F)(F)F)C2)c(C)c1. The standard InChI is InChI=1S/C20H29F3N2O2/c1-15-13-17(27-2)7-8-18(15)24-19(26)9-6-16-5-3-11-25(14-16)12-4-10-20(21,22)23/h7-8,13,16H,3-6,9-12,14H2,1-2H3,(H,24,26)/t16-/m1/s1. The summed E-state index contributed by atoms with van der Waals surface area (Å²) in [6, 6.07) is 5.51. The second kappa shape index (κ2) is 9.97. The molecule has 0 spiro atoms. The highest BCUT2D eigenvalue weighted by Crippen LogP contribution is 2.25. The largest absolute Gasteiger partial charge is 0.497 e. The molecule has 2 rings (SSSR count). The van der Waals surface area contributed by atoms with Crippen molar-refractivity contribution in [2.24, 2.45) is 5.92 Å². The van der Waals surface area contributed by atoms with E-state index in [9.17, 15) is 18.0 Å². The third-order valence-corrected chi connectivity index (χ3v) is 5.03. The van der Waals surface area contributed by atoms with Gasteiger partial charge in [0.25, 0.3) is 0 Å². The molecule has 0 bridgehead atoms. The molecule has 1 fully saturated rings. The number of rotatable bonds is 8. The van der Waals surface area contributed by atoms with Crippen LogP contribution in [0.1, 0.15) is 44.1 Å². The maximum atomic E-state index is 12.3. The molecule has 0 saturated carbocycles. The molecule has 0 aromatic heterocycles. The summed E-state index contributed by atoms with van der Waals surface area (Å²) in [7, 11) is 1.60. The summed E-state index contributed by atoms with van der Waals surface area (Å²) in [6.07, 6.45) is -1.46. The van der Waals surface area contributed by atoms with Crippen molar-refractivity contribution in [3.63, 3.8) is 0 Å². The summed E-state index contributed by atoms with van der Waals surface area (Å²) >= 11 is 0. The molecule has 1 aromatic rings. The molecule has 1 N–H and O–H groups in total. The number of nitrogens with one attached hydrogen (secondary N) is 1. The minimum Gasteiger partial charge on any atom is -0.497 e. The molecule has 1 aliphatic rings. The highest BCUT2D eigenvalue weighted by molar-refractivity contribution is 5.91. The van der Waals surface area contributed by atoms with Crippen LogP contribution in [0.5, 0.6) is 5.75 Å². The van der Waals surface area contributed by atoms with Gasteiger partial charge in [0, 0.05) is 25.1 Å². The van der Waals surface area contributed by atoms with E-state index < -0.39 is 12.6 Å². The highest BCUT2D eigenvalue weighted by Gasteiger charge is 2.27. The molecule has 1 amide bonds. The lowest BCUT2D eigenvalue weighted by molar-refractivity contribution is -0.136. The van der Waals surface area contributed by atoms with Crippen molar-refractivity contribution in [1.29, 1.82) is 0 Å². The number of nitrogens with zero attached hydrogens (tertiary/aromatic N) is 1. The van der Waals surface area contributed by atoms with Gasteiger partial charge in [-0.1, -0.05) is 0 Å². The van der Waals surface area contributed by atoms with Gasteiger partial charge in [0.2, 0.25) is 5.91 Å². The van der Waals surface area contributed by atoms with E-state index in [1.807, 2.05) is 25.1 Å². The number of hydrogen-bond acceptors (Lipinski definition) is 3. The van der Waals surface area contributed by atoms with Gasteiger partial charge in [0.15, 0.2) is 0 Å². The van der Waals surface area contributed by atoms with Crippen molar-refractivity contribution in [1.82, 2.24) is 4.90 Å². The molecule has 1 saturated heterocycles. The van der Waals surface area contributed by atoms with Gasteiger partial charge in [-0.2, -0.15) is 13.2 Å². The van der Waals surface area contributed by atoms with Crippen LogP contribution in [0.2, 0.25) is 0 Å². The van der Waals surface area contributed by atoms with E-state index in [0.717, 1.165) is 49.4 Å². The number of methoxy groups -OCH3 is 1. The van der Waals surface area contributed by atoms with E-state index in [2.05, 4.69) is 10.2 Å². The van der Waals surface area contributed by atoms with Crippen LogP contribution in [0.15, 0.2) is 18.2 Å². The first-order valence-electron chi connectivity index (χ1n) is 9.50. The molecule has 1 heterocycles. The van der Waals surface area contributed by atoms with Gasteiger partial charge in [-0.05, 0) is 75.4 Å². The van der Waals surface area contributed by atoms with E-state index in [-0.39, 0.29) is 12.3 Å². The zero-order valence-corrected chi connectivity index (χ0v) is 16.1. The van der Waals surface area contributed by atoms with Crippen LogP contribution in [0.4, 0.5) is 18.9 Å². The number of carbonyl (C=O) groups is 1. The second-order valence-corrected chi connectivity index (χ2v) is 7.30. The lowest BCUT2D eigenvalue weighted by Crippen LogP contribution is -2.36. The Morgan fingerprint density at radius 1 is 1.37 bits per heavy atom. The van der Waals surface area contributed by atoms with Crippen LogP contribution in [0.25, 0.3) is 0 Å². The normalized spacial score (nSPS) is 18.3. The van der Waals surface area contributed by atoms with Crippen molar-refractivity contribution in [3.8, 4) is 5.75 Å². The predicted molar refractivity (Wildman–Crippen MR) is 100 cm³/mol. The molecule has 4 nitrogen and oxygen atoms in total. The van der Waals surface area contributed by atoms with Gasteiger partial charge in [-0.15, -0.1) is 0 Å². The Bertz CT molecular complexity index is 620. The number of ether oxygens (including phenoxy) is 1. The Labute approximate surface area is 159 Å². The van der Waals surface area contributed by atoms with Gasteiger partial charge in [-0.3, -0.25) is 4.79 Å². The summed E-state index contributed by atoms with van der Waals surface area (Å²) in [5, 5.41) is 2.93. The first kappa shape index (κ1) is 21.5. The molecule has 1 atom stereocenters. The van der Waals surface area contributed by atoms with Gasteiger partial charge < -0.3 is 15.0 Å². The number of aryl methyl sites for hydroxylation is 1. The van der Waals surface area contributed by atoms with Gasteiger partial charge in [-0.25, -0.2) is 0 Å². The number of benzene rings is 1. The van der Waals surface area contributed by atoms with E-state index in [0.29, 0.717) is 18.9 Å². The average Bonchev–Trinajstić information content (AvgIpc) is 2.61. The van der Waals surface area contributed by atoms with Gasteiger partial charge >= 0.3 is 6.18 Å². The molecule has 1 aromatic carbocycles. The van der Waals surface area contributed by atoms with Crippen molar-refractivity contribution >= 4 is 11.6 Å². The Morgan fingerprint density at radius 2 is 2.15 bits per heavy atom. The first-order chi connectivity index (χ1) is 12.8. The number of halogens is 3. The fourth-order valence-electron chi connectivity index (χ4n) is 3.54. The first-order valence-corrected chi connectivity index (χ1v) is 9.50. The Kier molecular flexibility index (Phi) is 7.95. The van der Waals surface area contributed by atoms with Crippen LogP contribution in [0.3, 0.4) is 0 Å². The number of piperidine rings is 1. The molecular weight excluding hydrogens is 357 g/mol. The highest BCUT2D eigenvalue weighted by atomic mass is 19.4. The number of likely N-dealkylation sites (tertiary alicyclic amines) is 1. The number of alkyl halides is 3. The summed E-state index contributed by atoms with van der Waals surface area (Å²) in [5.41, 5.74) is 1.72. The number of amides is 1. The molecule has 7 heteroatoms. The summed E-state index contributed by atoms with van der Waals surface area (Å²) in [6.45, 7) is 4.03. The maximum Gasteiger partial charge on any atom is 0.389 e. The van der Waals surface area contributed by atoms with Crippen LogP contribution in [-0.4, -0.2) is 43.7 Å². The third kappa shape index (κ3) is 7.79. The number of anilines is 1. The van der Waals surface area contributed by atoms with E-state index in [1.54, 1.807) is 7.11 Å². The zero-order valence-electron chi connectivity index (χ0n) is 16.1. The minimum atomic E-state index is -4.08. The summed E-state index contributed by atoms with van der Waals surface area (Å²) < 4.78 is 42.0. The number of hydrogen-bond donors (Lipinski definition) is 1. The molecule has 0 radical (unpaired) electrons. The van der Waals surface area contributed by atoms with Gasteiger partial charge in [0.1, 0.15) is 5.75 Å². The van der Waals surface area contributed by atoms with Crippen LogP contribution < -0.4 is 10.1 Å². The molecule has 152 valence electrons. The quantitative estimate of drug-likeness (QED) is 0.699. The van der Waals surface area contributed by atoms with Crippen molar-refractivity contribution in [2.45, 2.75) is 51.6 Å². The average molecular weight is 386 g/mol. The van der Waals surface area contributed by atoms with Crippen LogP contribution in [0, 0.1) is 12.8 Å². The number of carbonyl (C=O) groups excluding carboxylic acids is 1. The van der Waals surface area contributed by atoms with Crippen LogP contribution >= 0.6 is 0 Å². The minimum absolute atomic E-state index is 0.0301. The second-order valence-electron chi connectivity index (χ2n) is 7.30. The monoisotopic (exact) mass is 386 g/mol. The summed E-state index contributed by atoms with van der Waals surface area (Å²) in [5.74, 6) is 1.09. The predicted octanol–water partition coefficient (Wildman–Crippen LogP) is 4.78. The van der Waals surface area contributed by atoms with E-state index >= 15 is 0 Å². The Balaban J connectivity index is 1.73. The lowest BCUT2D eigenvalue weighted by Gasteiger charge is -2.32. The topological polar surface area (TPSA) is 41.6 Å². The fraction of sp³-hybridized carbons (Fsp3) is 0.650. The Morgan fingerprint density at radius 3 is 2.81 bits per heavy atom. The molecule has 0 aliphatic carbocycles. The fourth-order valence-corrected chi connectivity index (χ4v) is 3.54. The molecule has 1 aliphatic heterocycles. The van der Waals surface area contributed by atoms with Crippen molar-refractivity contribution in [2.75, 3.05) is 32.1 Å². The van der Waals surface area contributed by atoms with E-state index in [4.69, 9.17) is 4.74 Å². The Hall–Kier alpha value is -1.76. The molecular formula is C20H29F3N2O2.